The molecule has 1 amide bonds. The Bertz CT molecular complexity index is 1370. The van der Waals surface area contributed by atoms with Gasteiger partial charge in [-0.15, -0.1) is 0 Å². The first-order valence-corrected chi connectivity index (χ1v) is 13.8. The van der Waals surface area contributed by atoms with Crippen molar-refractivity contribution in [2.24, 2.45) is 5.41 Å². The molecule has 10 nitrogen and oxygen atoms in total. The molecule has 0 aliphatic carbocycles. The second kappa shape index (κ2) is 14.9. The van der Waals surface area contributed by atoms with E-state index in [1.54, 1.807) is 75.4 Å². The number of hydrogen-bond acceptors (Lipinski definition) is 7. The Morgan fingerprint density at radius 3 is 1.84 bits per heavy atom. The second-order valence-electron chi connectivity index (χ2n) is 11.1. The number of nitrogens with one attached hydrogen (secondary N) is 1. The molecule has 0 radical (unpaired) electrons. The van der Waals surface area contributed by atoms with Crippen LogP contribution in [0, 0.1) is 5.41 Å². The molecule has 0 aliphatic heterocycles. The molecule has 228 valence electrons. The quantitative estimate of drug-likeness (QED) is 0.166. The standard InChI is InChI=1S/C33H37NO9/c1-32(2,3)43-31(40)34-27(28(35)36)18-19-33(29(37)38,30(39)42-22-25-12-8-5-9-13-25)20-23-14-16-26(17-15-23)41-21-24-10-6-4-7-11-24/h4-17,27H,18-22H2,1-3H3,(H,34,40)(H,35,36)(H,37,38)/t27-,33?/m1/s1. The molecule has 43 heavy (non-hydrogen) atoms. The zero-order valence-corrected chi connectivity index (χ0v) is 24.4. The average Bonchev–Trinajstić information content (AvgIpc) is 2.96. The van der Waals surface area contributed by atoms with Crippen LogP contribution in [-0.4, -0.2) is 45.9 Å². The minimum absolute atomic E-state index is 0.167. The fourth-order valence-electron chi connectivity index (χ4n) is 4.28. The van der Waals surface area contributed by atoms with Gasteiger partial charge in [-0.3, -0.25) is 9.59 Å². The molecule has 0 aromatic heterocycles. The third-order valence-corrected chi connectivity index (χ3v) is 6.54. The summed E-state index contributed by atoms with van der Waals surface area (Å²) < 4.78 is 16.4. The van der Waals surface area contributed by atoms with Gasteiger partial charge < -0.3 is 29.7 Å². The lowest BCUT2D eigenvalue weighted by atomic mass is 9.76. The van der Waals surface area contributed by atoms with Gasteiger partial charge in [0, 0.05) is 0 Å². The Morgan fingerprint density at radius 2 is 1.33 bits per heavy atom. The lowest BCUT2D eigenvalue weighted by Gasteiger charge is -2.29. The van der Waals surface area contributed by atoms with Gasteiger partial charge in [-0.2, -0.15) is 0 Å². The normalized spacial score (nSPS) is 13.2. The Morgan fingerprint density at radius 1 is 0.767 bits per heavy atom. The zero-order valence-electron chi connectivity index (χ0n) is 24.4. The van der Waals surface area contributed by atoms with Gasteiger partial charge in [-0.1, -0.05) is 72.8 Å². The van der Waals surface area contributed by atoms with Gasteiger partial charge in [0.1, 0.15) is 30.6 Å². The molecule has 10 heteroatoms. The van der Waals surface area contributed by atoms with Crippen LogP contribution in [0.3, 0.4) is 0 Å². The largest absolute Gasteiger partial charge is 0.489 e. The number of benzene rings is 3. The third kappa shape index (κ3) is 10.2. The molecule has 0 saturated carbocycles. The molecular formula is C33H37NO9. The predicted octanol–water partition coefficient (Wildman–Crippen LogP) is 5.38. The SMILES string of the molecule is CC(C)(C)OC(=O)N[C@H](CCC(Cc1ccc(OCc2ccccc2)cc1)(C(=O)O)C(=O)OCc1ccccc1)C(=O)O. The number of carbonyl (C=O) groups is 4. The van der Waals surface area contributed by atoms with E-state index in [2.05, 4.69) is 5.32 Å². The predicted molar refractivity (Wildman–Crippen MR) is 157 cm³/mol. The summed E-state index contributed by atoms with van der Waals surface area (Å²) in [7, 11) is 0. The minimum Gasteiger partial charge on any atom is -0.489 e. The number of esters is 1. The van der Waals surface area contributed by atoms with Crippen molar-refractivity contribution in [1.29, 1.82) is 0 Å². The van der Waals surface area contributed by atoms with Crippen LogP contribution in [0.4, 0.5) is 4.79 Å². The van der Waals surface area contributed by atoms with Crippen LogP contribution < -0.4 is 10.1 Å². The topological polar surface area (TPSA) is 148 Å². The summed E-state index contributed by atoms with van der Waals surface area (Å²) in [6.45, 7) is 5.04. The summed E-state index contributed by atoms with van der Waals surface area (Å²) in [5, 5.41) is 22.4. The molecule has 3 rings (SSSR count). The Kier molecular flexibility index (Phi) is 11.3. The number of carboxylic acid groups (broad SMARTS) is 2. The molecular weight excluding hydrogens is 554 g/mol. The van der Waals surface area contributed by atoms with E-state index in [-0.39, 0.29) is 19.4 Å². The van der Waals surface area contributed by atoms with E-state index in [0.29, 0.717) is 23.5 Å². The zero-order chi connectivity index (χ0) is 31.5. The summed E-state index contributed by atoms with van der Waals surface area (Å²) in [4.78, 5) is 50.6. The molecule has 2 atom stereocenters. The highest BCUT2D eigenvalue weighted by Gasteiger charge is 2.48. The van der Waals surface area contributed by atoms with Gasteiger partial charge in [0.2, 0.25) is 0 Å². The van der Waals surface area contributed by atoms with E-state index in [4.69, 9.17) is 14.2 Å². The Hall–Kier alpha value is -4.86. The fraction of sp³-hybridized carbons (Fsp3) is 0.333. The van der Waals surface area contributed by atoms with E-state index >= 15 is 0 Å². The maximum atomic E-state index is 13.5. The van der Waals surface area contributed by atoms with Crippen molar-refractivity contribution in [2.45, 2.75) is 64.9 Å². The maximum absolute atomic E-state index is 13.5. The van der Waals surface area contributed by atoms with Crippen LogP contribution >= 0.6 is 0 Å². The summed E-state index contributed by atoms with van der Waals surface area (Å²) in [6, 6.07) is 23.5. The third-order valence-electron chi connectivity index (χ3n) is 6.54. The summed E-state index contributed by atoms with van der Waals surface area (Å²) in [5.74, 6) is -3.35. The van der Waals surface area contributed by atoms with E-state index in [9.17, 15) is 29.4 Å². The van der Waals surface area contributed by atoms with Crippen molar-refractivity contribution < 1.29 is 43.6 Å². The van der Waals surface area contributed by atoms with Gasteiger partial charge in [-0.05, 0) is 68.9 Å². The Balaban J connectivity index is 1.82. The number of ether oxygens (including phenoxy) is 3. The molecule has 0 aliphatic rings. The summed E-state index contributed by atoms with van der Waals surface area (Å²) in [6.07, 6.45) is -2.07. The molecule has 3 aromatic rings. The number of carbonyl (C=O) groups excluding carboxylic acids is 2. The monoisotopic (exact) mass is 591 g/mol. The smallest absolute Gasteiger partial charge is 0.408 e. The first-order valence-electron chi connectivity index (χ1n) is 13.8. The molecule has 1 unspecified atom stereocenters. The highest BCUT2D eigenvalue weighted by atomic mass is 16.6. The minimum atomic E-state index is -2.15. The van der Waals surface area contributed by atoms with E-state index < -0.39 is 47.5 Å². The van der Waals surface area contributed by atoms with Crippen molar-refractivity contribution >= 4 is 24.0 Å². The van der Waals surface area contributed by atoms with E-state index in [1.165, 1.54) is 0 Å². The molecule has 0 saturated heterocycles. The van der Waals surface area contributed by atoms with Crippen molar-refractivity contribution in [3.8, 4) is 5.75 Å². The first kappa shape index (κ1) is 32.7. The molecule has 0 heterocycles. The molecule has 0 fully saturated rings. The molecule has 0 bridgehead atoms. The maximum Gasteiger partial charge on any atom is 0.408 e. The van der Waals surface area contributed by atoms with Crippen molar-refractivity contribution in [3.63, 3.8) is 0 Å². The molecule has 3 N–H and O–H groups in total. The van der Waals surface area contributed by atoms with Crippen molar-refractivity contribution in [1.82, 2.24) is 5.32 Å². The second-order valence-corrected chi connectivity index (χ2v) is 11.1. The van der Waals surface area contributed by atoms with Gasteiger partial charge in [0.05, 0.1) is 0 Å². The van der Waals surface area contributed by atoms with Crippen molar-refractivity contribution in [3.05, 3.63) is 102 Å². The number of aliphatic carboxylic acids is 2. The average molecular weight is 592 g/mol. The molecule has 0 spiro atoms. The fourth-order valence-corrected chi connectivity index (χ4v) is 4.28. The van der Waals surface area contributed by atoms with Crippen LogP contribution in [0.25, 0.3) is 0 Å². The van der Waals surface area contributed by atoms with E-state index in [1.807, 2.05) is 30.3 Å². The lowest BCUT2D eigenvalue weighted by molar-refractivity contribution is -0.171. The van der Waals surface area contributed by atoms with Crippen LogP contribution in [0.15, 0.2) is 84.9 Å². The van der Waals surface area contributed by atoms with E-state index in [0.717, 1.165) is 5.56 Å². The number of carboxylic acids is 2. The molecule has 3 aromatic carbocycles. The number of amides is 1. The van der Waals surface area contributed by atoms with Gasteiger partial charge >= 0.3 is 24.0 Å². The van der Waals surface area contributed by atoms with Gasteiger partial charge in [-0.25, -0.2) is 9.59 Å². The number of rotatable bonds is 14. The van der Waals surface area contributed by atoms with Crippen LogP contribution in [0.1, 0.15) is 50.3 Å². The lowest BCUT2D eigenvalue weighted by Crippen LogP contribution is -2.47. The highest BCUT2D eigenvalue weighted by Crippen LogP contribution is 2.33. The van der Waals surface area contributed by atoms with Gasteiger partial charge in [0.25, 0.3) is 0 Å². The van der Waals surface area contributed by atoms with Crippen LogP contribution in [0.5, 0.6) is 5.75 Å². The van der Waals surface area contributed by atoms with Crippen molar-refractivity contribution in [2.75, 3.05) is 0 Å². The summed E-state index contributed by atoms with van der Waals surface area (Å²) >= 11 is 0. The van der Waals surface area contributed by atoms with Crippen LogP contribution in [-0.2, 0) is 43.5 Å². The summed E-state index contributed by atoms with van der Waals surface area (Å²) in [5.41, 5.74) is -0.894. The van der Waals surface area contributed by atoms with Crippen LogP contribution in [0.2, 0.25) is 0 Å². The first-order chi connectivity index (χ1) is 20.4. The Labute approximate surface area is 250 Å². The number of hydrogen-bond donors (Lipinski definition) is 3. The van der Waals surface area contributed by atoms with Gasteiger partial charge in [0.15, 0.2) is 5.41 Å². The number of alkyl carbamates (subject to hydrolysis) is 1. The highest BCUT2D eigenvalue weighted by molar-refractivity contribution is 5.99.